The maximum atomic E-state index is 11.2. The molecule has 0 saturated carbocycles. The molecule has 1 aliphatic heterocycles. The van der Waals surface area contributed by atoms with E-state index in [9.17, 15) is 4.79 Å². The Balaban J connectivity index is 2.39. The molecule has 0 amide bonds. The zero-order valence-corrected chi connectivity index (χ0v) is 8.90. The Morgan fingerprint density at radius 1 is 1.71 bits per heavy atom. The zero-order chi connectivity index (χ0) is 10.6. The number of methoxy groups -OCH3 is 1. The molecule has 0 aromatic rings. The molecule has 1 N–H and O–H groups in total. The highest BCUT2D eigenvalue weighted by atomic mass is 16.5. The minimum absolute atomic E-state index is 0.104. The molecule has 1 unspecified atom stereocenters. The number of carbonyl (C=O) groups excluding carboxylic acids is 1. The summed E-state index contributed by atoms with van der Waals surface area (Å²) in [5, 5.41) is 9.09. The maximum Gasteiger partial charge on any atom is 0.309 e. The van der Waals surface area contributed by atoms with Gasteiger partial charge in [0, 0.05) is 12.6 Å². The molecule has 0 aromatic carbocycles. The fraction of sp³-hybridized carbons (Fsp3) is 0.900. The molecule has 4 heteroatoms. The normalized spacial score (nSPS) is 24.9. The van der Waals surface area contributed by atoms with Crippen molar-refractivity contribution in [3.8, 4) is 0 Å². The molecular formula is C10H19NO3. The lowest BCUT2D eigenvalue weighted by Gasteiger charge is -2.24. The molecule has 0 aromatic heterocycles. The monoisotopic (exact) mass is 201 g/mol. The SMILES string of the molecule is COC(=O)C(C)CN1CCC[C@@H]1CO. The standard InChI is InChI=1S/C10H19NO3/c1-8(10(13)14-2)6-11-5-3-4-9(11)7-12/h8-9,12H,3-7H2,1-2H3/t8?,9-/m1/s1. The number of likely N-dealkylation sites (tertiary alicyclic amines) is 1. The van der Waals surface area contributed by atoms with Gasteiger partial charge in [0.2, 0.25) is 0 Å². The van der Waals surface area contributed by atoms with Crippen molar-refractivity contribution in [3.63, 3.8) is 0 Å². The van der Waals surface area contributed by atoms with Crippen molar-refractivity contribution in [1.29, 1.82) is 0 Å². The largest absolute Gasteiger partial charge is 0.469 e. The number of nitrogens with zero attached hydrogens (tertiary/aromatic N) is 1. The third-order valence-electron chi connectivity index (χ3n) is 2.82. The Morgan fingerprint density at radius 3 is 3.00 bits per heavy atom. The number of hydrogen-bond donors (Lipinski definition) is 1. The fourth-order valence-electron chi connectivity index (χ4n) is 1.97. The highest BCUT2D eigenvalue weighted by Crippen LogP contribution is 2.18. The summed E-state index contributed by atoms with van der Waals surface area (Å²) < 4.78 is 4.66. The summed E-state index contributed by atoms with van der Waals surface area (Å²) in [5.41, 5.74) is 0. The van der Waals surface area contributed by atoms with Crippen LogP contribution in [0.15, 0.2) is 0 Å². The van der Waals surface area contributed by atoms with E-state index in [-0.39, 0.29) is 24.5 Å². The third-order valence-corrected chi connectivity index (χ3v) is 2.82. The number of hydrogen-bond acceptors (Lipinski definition) is 4. The average Bonchev–Trinajstić information content (AvgIpc) is 2.63. The van der Waals surface area contributed by atoms with E-state index in [2.05, 4.69) is 9.64 Å². The van der Waals surface area contributed by atoms with Gasteiger partial charge in [-0.15, -0.1) is 0 Å². The molecule has 82 valence electrons. The van der Waals surface area contributed by atoms with Crippen molar-refractivity contribution in [3.05, 3.63) is 0 Å². The van der Waals surface area contributed by atoms with Crippen LogP contribution in [0.2, 0.25) is 0 Å². The first-order chi connectivity index (χ1) is 6.69. The first-order valence-corrected chi connectivity index (χ1v) is 5.11. The molecule has 14 heavy (non-hydrogen) atoms. The van der Waals surface area contributed by atoms with E-state index in [0.717, 1.165) is 19.4 Å². The molecule has 1 heterocycles. The predicted octanol–water partition coefficient (Wildman–Crippen LogP) is 0.252. The van der Waals surface area contributed by atoms with Crippen LogP contribution in [-0.4, -0.2) is 48.8 Å². The smallest absolute Gasteiger partial charge is 0.309 e. The highest BCUT2D eigenvalue weighted by molar-refractivity contribution is 5.72. The van der Waals surface area contributed by atoms with Crippen LogP contribution in [0, 0.1) is 5.92 Å². The van der Waals surface area contributed by atoms with Crippen LogP contribution in [-0.2, 0) is 9.53 Å². The molecule has 1 rings (SSSR count). The second kappa shape index (κ2) is 5.32. The van der Waals surface area contributed by atoms with Crippen LogP contribution in [0.5, 0.6) is 0 Å². The van der Waals surface area contributed by atoms with Crippen molar-refractivity contribution in [2.75, 3.05) is 26.8 Å². The number of ether oxygens (including phenoxy) is 1. The number of aliphatic hydroxyl groups is 1. The molecular weight excluding hydrogens is 182 g/mol. The van der Waals surface area contributed by atoms with E-state index in [0.29, 0.717) is 6.54 Å². The average molecular weight is 201 g/mol. The van der Waals surface area contributed by atoms with Crippen LogP contribution in [0.3, 0.4) is 0 Å². The second-order valence-corrected chi connectivity index (χ2v) is 3.90. The van der Waals surface area contributed by atoms with Crippen molar-refractivity contribution in [2.45, 2.75) is 25.8 Å². The van der Waals surface area contributed by atoms with Gasteiger partial charge in [-0.25, -0.2) is 0 Å². The van der Waals surface area contributed by atoms with Gasteiger partial charge in [0.25, 0.3) is 0 Å². The van der Waals surface area contributed by atoms with Gasteiger partial charge in [-0.3, -0.25) is 9.69 Å². The first-order valence-electron chi connectivity index (χ1n) is 5.11. The first kappa shape index (κ1) is 11.5. The number of esters is 1. The van der Waals surface area contributed by atoms with E-state index in [1.54, 1.807) is 0 Å². The molecule has 1 fully saturated rings. The third kappa shape index (κ3) is 2.69. The van der Waals surface area contributed by atoms with Crippen molar-refractivity contribution in [1.82, 2.24) is 4.90 Å². The van der Waals surface area contributed by atoms with E-state index in [1.807, 2.05) is 6.92 Å². The highest BCUT2D eigenvalue weighted by Gasteiger charge is 2.27. The summed E-state index contributed by atoms with van der Waals surface area (Å²) in [4.78, 5) is 13.4. The Kier molecular flexibility index (Phi) is 4.35. The number of carbonyl (C=O) groups is 1. The predicted molar refractivity (Wildman–Crippen MR) is 52.9 cm³/mol. The van der Waals surface area contributed by atoms with Gasteiger partial charge in [-0.05, 0) is 19.4 Å². The van der Waals surface area contributed by atoms with Crippen LogP contribution < -0.4 is 0 Å². The maximum absolute atomic E-state index is 11.2. The Morgan fingerprint density at radius 2 is 2.43 bits per heavy atom. The Hall–Kier alpha value is -0.610. The topological polar surface area (TPSA) is 49.8 Å². The molecule has 1 aliphatic rings. The van der Waals surface area contributed by atoms with Crippen molar-refractivity contribution in [2.24, 2.45) is 5.92 Å². The van der Waals surface area contributed by atoms with Gasteiger partial charge in [0.1, 0.15) is 0 Å². The minimum Gasteiger partial charge on any atom is -0.469 e. The van der Waals surface area contributed by atoms with E-state index < -0.39 is 0 Å². The van der Waals surface area contributed by atoms with Gasteiger partial charge in [0.15, 0.2) is 0 Å². The van der Waals surface area contributed by atoms with E-state index in [1.165, 1.54) is 7.11 Å². The van der Waals surface area contributed by atoms with Gasteiger partial charge in [-0.1, -0.05) is 6.92 Å². The lowest BCUT2D eigenvalue weighted by Crippen LogP contribution is -2.37. The lowest BCUT2D eigenvalue weighted by molar-refractivity contribution is -0.145. The molecule has 0 bridgehead atoms. The second-order valence-electron chi connectivity index (χ2n) is 3.90. The molecule has 1 saturated heterocycles. The lowest BCUT2D eigenvalue weighted by atomic mass is 10.1. The van der Waals surface area contributed by atoms with Gasteiger partial charge >= 0.3 is 5.97 Å². The summed E-state index contributed by atoms with van der Waals surface area (Å²) in [6.07, 6.45) is 2.14. The Bertz CT molecular complexity index is 196. The Labute approximate surface area is 84.8 Å². The van der Waals surface area contributed by atoms with E-state index in [4.69, 9.17) is 5.11 Å². The number of rotatable bonds is 4. The molecule has 4 nitrogen and oxygen atoms in total. The molecule has 0 aliphatic carbocycles. The van der Waals surface area contributed by atoms with Crippen LogP contribution in [0.1, 0.15) is 19.8 Å². The fourth-order valence-corrected chi connectivity index (χ4v) is 1.97. The van der Waals surface area contributed by atoms with Crippen molar-refractivity contribution >= 4 is 5.97 Å². The van der Waals surface area contributed by atoms with Crippen molar-refractivity contribution < 1.29 is 14.6 Å². The molecule has 2 atom stereocenters. The van der Waals surface area contributed by atoms with Crippen LogP contribution in [0.4, 0.5) is 0 Å². The summed E-state index contributed by atoms with van der Waals surface area (Å²) in [7, 11) is 1.41. The van der Waals surface area contributed by atoms with Crippen LogP contribution >= 0.6 is 0 Å². The van der Waals surface area contributed by atoms with Gasteiger partial charge in [-0.2, -0.15) is 0 Å². The number of aliphatic hydroxyl groups excluding tert-OH is 1. The summed E-state index contributed by atoms with van der Waals surface area (Å²) in [6, 6.07) is 0.238. The van der Waals surface area contributed by atoms with Gasteiger partial charge < -0.3 is 9.84 Å². The molecule has 0 spiro atoms. The quantitative estimate of drug-likeness (QED) is 0.662. The van der Waals surface area contributed by atoms with Crippen LogP contribution in [0.25, 0.3) is 0 Å². The zero-order valence-electron chi connectivity index (χ0n) is 8.90. The minimum atomic E-state index is -0.173. The van der Waals surface area contributed by atoms with E-state index >= 15 is 0 Å². The summed E-state index contributed by atoms with van der Waals surface area (Å²) in [6.45, 7) is 3.72. The summed E-state index contributed by atoms with van der Waals surface area (Å²) >= 11 is 0. The molecule has 0 radical (unpaired) electrons. The van der Waals surface area contributed by atoms with Gasteiger partial charge in [0.05, 0.1) is 19.6 Å². The summed E-state index contributed by atoms with van der Waals surface area (Å²) in [5.74, 6) is -0.277.